The lowest BCUT2D eigenvalue weighted by molar-refractivity contribution is -0.154. The Labute approximate surface area is 159 Å². The number of aliphatic carboxylic acids is 1. The summed E-state index contributed by atoms with van der Waals surface area (Å²) >= 11 is 5.98. The van der Waals surface area contributed by atoms with E-state index in [9.17, 15) is 14.4 Å². The zero-order valence-electron chi connectivity index (χ0n) is 15.3. The quantitative estimate of drug-likeness (QED) is 0.732. The van der Waals surface area contributed by atoms with Crippen LogP contribution < -0.4 is 0 Å². The van der Waals surface area contributed by atoms with Gasteiger partial charge in [-0.3, -0.25) is 14.4 Å². The fourth-order valence-corrected chi connectivity index (χ4v) is 3.89. The number of likely N-dealkylation sites (tertiary alicyclic amines) is 1. The van der Waals surface area contributed by atoms with E-state index in [0.29, 0.717) is 30.7 Å². The molecule has 3 unspecified atom stereocenters. The van der Waals surface area contributed by atoms with Crippen LogP contribution in [0.1, 0.15) is 64.0 Å². The molecule has 6 heteroatoms. The Morgan fingerprint density at radius 3 is 2.42 bits per heavy atom. The molecule has 0 aromatic heterocycles. The monoisotopic (exact) mass is 379 g/mol. The molecule has 0 radical (unpaired) electrons. The molecular formula is C20H26ClNO4. The Bertz CT molecular complexity index is 658. The van der Waals surface area contributed by atoms with Crippen molar-refractivity contribution in [1.29, 1.82) is 0 Å². The van der Waals surface area contributed by atoms with Crippen LogP contribution in [-0.2, 0) is 14.4 Å². The minimum Gasteiger partial charge on any atom is -0.481 e. The van der Waals surface area contributed by atoms with Gasteiger partial charge in [0, 0.05) is 17.4 Å². The van der Waals surface area contributed by atoms with E-state index in [0.717, 1.165) is 12.0 Å². The van der Waals surface area contributed by atoms with Crippen LogP contribution in [0, 0.1) is 5.92 Å². The molecule has 1 aliphatic heterocycles. The van der Waals surface area contributed by atoms with E-state index in [4.69, 9.17) is 16.7 Å². The lowest BCUT2D eigenvalue weighted by atomic mass is 9.84. The largest absolute Gasteiger partial charge is 0.481 e. The second-order valence-electron chi connectivity index (χ2n) is 6.83. The van der Waals surface area contributed by atoms with Crippen LogP contribution >= 0.6 is 11.6 Å². The molecule has 142 valence electrons. The smallest absolute Gasteiger partial charge is 0.304 e. The molecule has 1 N–H and O–H groups in total. The van der Waals surface area contributed by atoms with E-state index in [1.807, 2.05) is 26.0 Å². The molecule has 2 rings (SSSR count). The molecule has 1 fully saturated rings. The van der Waals surface area contributed by atoms with E-state index in [2.05, 4.69) is 0 Å². The van der Waals surface area contributed by atoms with Crippen molar-refractivity contribution >= 4 is 29.3 Å². The molecule has 0 saturated carbocycles. The summed E-state index contributed by atoms with van der Waals surface area (Å²) in [5, 5.41) is 9.73. The molecular weight excluding hydrogens is 354 g/mol. The highest BCUT2D eigenvalue weighted by atomic mass is 35.5. The number of carbonyl (C=O) groups is 3. The fourth-order valence-electron chi connectivity index (χ4n) is 3.76. The molecule has 26 heavy (non-hydrogen) atoms. The number of benzene rings is 1. The SMILES string of the molecule is CCCC(=O)C(CC)N1C(=O)C(CC(=O)O)CCC1c1ccc(Cl)cc1. The van der Waals surface area contributed by atoms with Gasteiger partial charge in [-0.15, -0.1) is 0 Å². The predicted octanol–water partition coefficient (Wildman–Crippen LogP) is 4.24. The molecule has 1 aliphatic rings. The van der Waals surface area contributed by atoms with Gasteiger partial charge in [-0.2, -0.15) is 0 Å². The summed E-state index contributed by atoms with van der Waals surface area (Å²) in [7, 11) is 0. The number of carbonyl (C=O) groups excluding carboxylic acids is 2. The van der Waals surface area contributed by atoms with Crippen molar-refractivity contribution in [2.24, 2.45) is 5.92 Å². The van der Waals surface area contributed by atoms with Gasteiger partial charge in [-0.1, -0.05) is 37.6 Å². The Hall–Kier alpha value is -1.88. The first-order chi connectivity index (χ1) is 12.4. The van der Waals surface area contributed by atoms with Crippen molar-refractivity contribution in [2.75, 3.05) is 0 Å². The third-order valence-corrected chi connectivity index (χ3v) is 5.25. The third-order valence-electron chi connectivity index (χ3n) is 4.99. The van der Waals surface area contributed by atoms with E-state index >= 15 is 0 Å². The van der Waals surface area contributed by atoms with Crippen LogP contribution in [0.5, 0.6) is 0 Å². The molecule has 1 aromatic rings. The Balaban J connectivity index is 2.39. The van der Waals surface area contributed by atoms with E-state index in [-0.39, 0.29) is 24.2 Å². The van der Waals surface area contributed by atoms with E-state index in [1.165, 1.54) is 0 Å². The van der Waals surface area contributed by atoms with Gasteiger partial charge in [0.25, 0.3) is 0 Å². The number of piperidine rings is 1. The predicted molar refractivity (Wildman–Crippen MR) is 100 cm³/mol. The number of rotatable bonds is 8. The fraction of sp³-hybridized carbons (Fsp3) is 0.550. The number of amides is 1. The second-order valence-corrected chi connectivity index (χ2v) is 7.26. The van der Waals surface area contributed by atoms with Crippen molar-refractivity contribution < 1.29 is 19.5 Å². The van der Waals surface area contributed by atoms with Crippen LogP contribution in [0.25, 0.3) is 0 Å². The molecule has 1 heterocycles. The van der Waals surface area contributed by atoms with Gasteiger partial charge < -0.3 is 10.0 Å². The zero-order valence-corrected chi connectivity index (χ0v) is 16.0. The number of nitrogens with zero attached hydrogens (tertiary/aromatic N) is 1. The summed E-state index contributed by atoms with van der Waals surface area (Å²) in [6.45, 7) is 3.83. The summed E-state index contributed by atoms with van der Waals surface area (Å²) in [6.07, 6.45) is 2.62. The molecule has 3 atom stereocenters. The molecule has 0 aliphatic carbocycles. The number of hydrogen-bond donors (Lipinski definition) is 1. The highest BCUT2D eigenvalue weighted by Gasteiger charge is 2.41. The van der Waals surface area contributed by atoms with Crippen molar-refractivity contribution in [3.63, 3.8) is 0 Å². The first-order valence-electron chi connectivity index (χ1n) is 9.21. The minimum atomic E-state index is -0.985. The van der Waals surface area contributed by atoms with Gasteiger partial charge >= 0.3 is 5.97 Å². The maximum Gasteiger partial charge on any atom is 0.304 e. The van der Waals surface area contributed by atoms with Gasteiger partial charge in [-0.05, 0) is 43.4 Å². The van der Waals surface area contributed by atoms with Crippen LogP contribution in [0.2, 0.25) is 5.02 Å². The number of carboxylic acids is 1. The zero-order chi connectivity index (χ0) is 19.3. The Kier molecular flexibility index (Phi) is 7.21. The first kappa shape index (κ1) is 20.4. The van der Waals surface area contributed by atoms with Crippen LogP contribution in [0.4, 0.5) is 0 Å². The van der Waals surface area contributed by atoms with E-state index in [1.54, 1.807) is 17.0 Å². The maximum atomic E-state index is 13.1. The summed E-state index contributed by atoms with van der Waals surface area (Å²) < 4.78 is 0. The number of carboxylic acid groups (broad SMARTS) is 1. The number of Topliss-reactive ketones (excluding diaryl/α,β-unsaturated/α-hetero) is 1. The Morgan fingerprint density at radius 2 is 1.88 bits per heavy atom. The van der Waals surface area contributed by atoms with Crippen molar-refractivity contribution in [3.8, 4) is 0 Å². The highest BCUT2D eigenvalue weighted by molar-refractivity contribution is 6.30. The number of ketones is 1. The Morgan fingerprint density at radius 1 is 1.23 bits per heavy atom. The summed E-state index contributed by atoms with van der Waals surface area (Å²) in [6, 6.07) is 6.56. The lowest BCUT2D eigenvalue weighted by Crippen LogP contribution is -2.52. The summed E-state index contributed by atoms with van der Waals surface area (Å²) in [5.41, 5.74) is 0.930. The summed E-state index contributed by atoms with van der Waals surface area (Å²) in [4.78, 5) is 38.5. The lowest BCUT2D eigenvalue weighted by Gasteiger charge is -2.43. The van der Waals surface area contributed by atoms with Crippen molar-refractivity contribution in [1.82, 2.24) is 4.90 Å². The molecule has 5 nitrogen and oxygen atoms in total. The third kappa shape index (κ3) is 4.64. The van der Waals surface area contributed by atoms with Gasteiger partial charge in [0.15, 0.2) is 5.78 Å². The van der Waals surface area contributed by atoms with Crippen molar-refractivity contribution in [2.45, 2.75) is 64.5 Å². The molecule has 1 aromatic carbocycles. The van der Waals surface area contributed by atoms with Crippen LogP contribution in [0.3, 0.4) is 0 Å². The van der Waals surface area contributed by atoms with Crippen LogP contribution in [-0.4, -0.2) is 33.7 Å². The maximum absolute atomic E-state index is 13.1. The summed E-state index contributed by atoms with van der Waals surface area (Å²) in [5.74, 6) is -1.74. The molecule has 0 spiro atoms. The highest BCUT2D eigenvalue weighted by Crippen LogP contribution is 2.38. The van der Waals surface area contributed by atoms with E-state index < -0.39 is 17.9 Å². The normalized spacial score (nSPS) is 21.5. The van der Waals surface area contributed by atoms with Gasteiger partial charge in [0.1, 0.15) is 0 Å². The molecule has 1 saturated heterocycles. The number of halogens is 1. The molecule has 1 amide bonds. The second kappa shape index (κ2) is 9.17. The average Bonchev–Trinajstić information content (AvgIpc) is 2.59. The van der Waals surface area contributed by atoms with Gasteiger partial charge in [0.05, 0.1) is 18.5 Å². The topological polar surface area (TPSA) is 74.7 Å². The average molecular weight is 380 g/mol. The van der Waals surface area contributed by atoms with Crippen molar-refractivity contribution in [3.05, 3.63) is 34.9 Å². The number of hydrogen-bond acceptors (Lipinski definition) is 3. The van der Waals surface area contributed by atoms with Gasteiger partial charge in [-0.25, -0.2) is 0 Å². The standard InChI is InChI=1S/C20H26ClNO4/c1-3-5-18(23)16(4-2)22-17(13-6-9-15(21)10-7-13)11-8-14(20(22)26)12-19(24)25/h6-7,9-10,14,16-17H,3-5,8,11-12H2,1-2H3,(H,24,25). The molecule has 0 bridgehead atoms. The minimum absolute atomic E-state index is 0.0401. The van der Waals surface area contributed by atoms with Gasteiger partial charge in [0.2, 0.25) is 5.91 Å². The van der Waals surface area contributed by atoms with Crippen LogP contribution in [0.15, 0.2) is 24.3 Å². The first-order valence-corrected chi connectivity index (χ1v) is 9.58.